The third-order valence-electron chi connectivity index (χ3n) is 3.21. The molecule has 1 fully saturated rings. The number of rotatable bonds is 4. The Morgan fingerprint density at radius 2 is 1.81 bits per heavy atom. The number of nitrogens with zero attached hydrogens (tertiary/aromatic N) is 1. The summed E-state index contributed by atoms with van der Waals surface area (Å²) in [5, 5.41) is 16.6. The minimum Gasteiger partial charge on any atom is -0.469 e. The minimum absolute atomic E-state index is 0.0338. The first-order valence-electron chi connectivity index (χ1n) is 6.52. The van der Waals surface area contributed by atoms with Crippen molar-refractivity contribution in [2.24, 2.45) is 5.92 Å². The van der Waals surface area contributed by atoms with Crippen LogP contribution in [0, 0.1) is 11.3 Å². The molecule has 1 rings (SSSR count). The van der Waals surface area contributed by atoms with E-state index in [1.165, 1.54) is 12.0 Å². The first kappa shape index (κ1) is 16.7. The lowest BCUT2D eigenvalue weighted by Crippen LogP contribution is -2.42. The van der Waals surface area contributed by atoms with Crippen LogP contribution in [0.4, 0.5) is 4.79 Å². The Labute approximate surface area is 121 Å². The number of esters is 1. The van der Waals surface area contributed by atoms with Gasteiger partial charge in [0, 0.05) is 19.0 Å². The SMILES string of the molecule is COC(=O)CCC(=O)ONC(=N)C1CCN(C(=O)O)CC1. The van der Waals surface area contributed by atoms with Crippen molar-refractivity contribution in [2.75, 3.05) is 20.2 Å². The van der Waals surface area contributed by atoms with Crippen LogP contribution in [-0.2, 0) is 19.2 Å². The molecule has 9 nitrogen and oxygen atoms in total. The summed E-state index contributed by atoms with van der Waals surface area (Å²) in [5.41, 5.74) is 2.25. The molecule has 21 heavy (non-hydrogen) atoms. The molecule has 0 radical (unpaired) electrons. The van der Waals surface area contributed by atoms with Crippen molar-refractivity contribution in [3.63, 3.8) is 0 Å². The van der Waals surface area contributed by atoms with Crippen molar-refractivity contribution < 1.29 is 29.1 Å². The van der Waals surface area contributed by atoms with Crippen LogP contribution in [0.2, 0.25) is 0 Å². The molecular weight excluding hydrogens is 282 g/mol. The van der Waals surface area contributed by atoms with Crippen molar-refractivity contribution in [3.8, 4) is 0 Å². The molecule has 0 atom stereocenters. The standard InChI is InChI=1S/C12H19N3O6/c1-20-9(16)2-3-10(17)21-14-11(13)8-4-6-15(7-5-8)12(18)19/h8H,2-7H2,1H3,(H2,13,14)(H,18,19). The maximum atomic E-state index is 11.3. The summed E-state index contributed by atoms with van der Waals surface area (Å²) in [6, 6.07) is 0. The summed E-state index contributed by atoms with van der Waals surface area (Å²) in [6.45, 7) is 0.695. The van der Waals surface area contributed by atoms with Crippen LogP contribution in [-0.4, -0.2) is 54.1 Å². The summed E-state index contributed by atoms with van der Waals surface area (Å²) >= 11 is 0. The van der Waals surface area contributed by atoms with Crippen LogP contribution < -0.4 is 5.48 Å². The molecule has 0 unspecified atom stereocenters. The maximum Gasteiger partial charge on any atom is 0.407 e. The Bertz CT molecular complexity index is 417. The Balaban J connectivity index is 2.24. The lowest BCUT2D eigenvalue weighted by Gasteiger charge is -2.30. The maximum absolute atomic E-state index is 11.3. The van der Waals surface area contributed by atoms with Crippen LogP contribution in [0.3, 0.4) is 0 Å². The zero-order chi connectivity index (χ0) is 15.8. The average Bonchev–Trinajstić information content (AvgIpc) is 2.50. The number of carbonyl (C=O) groups excluding carboxylic acids is 2. The second-order valence-electron chi connectivity index (χ2n) is 4.61. The van der Waals surface area contributed by atoms with Crippen molar-refractivity contribution in [1.82, 2.24) is 10.4 Å². The van der Waals surface area contributed by atoms with Gasteiger partial charge in [0.15, 0.2) is 0 Å². The molecule has 9 heteroatoms. The van der Waals surface area contributed by atoms with Gasteiger partial charge in [-0.1, -0.05) is 0 Å². The van der Waals surface area contributed by atoms with Gasteiger partial charge in [-0.05, 0) is 12.8 Å². The average molecular weight is 301 g/mol. The number of ether oxygens (including phenoxy) is 1. The Morgan fingerprint density at radius 1 is 1.24 bits per heavy atom. The molecule has 0 aromatic carbocycles. The van der Waals surface area contributed by atoms with E-state index in [1.54, 1.807) is 0 Å². The largest absolute Gasteiger partial charge is 0.469 e. The highest BCUT2D eigenvalue weighted by molar-refractivity contribution is 5.83. The number of piperidine rings is 1. The van der Waals surface area contributed by atoms with Crippen LogP contribution in [0.5, 0.6) is 0 Å². The fourth-order valence-corrected chi connectivity index (χ4v) is 1.91. The molecule has 1 aliphatic heterocycles. The number of methoxy groups -OCH3 is 1. The first-order chi connectivity index (χ1) is 9.93. The van der Waals surface area contributed by atoms with E-state index in [0.717, 1.165) is 0 Å². The molecule has 1 saturated heterocycles. The van der Waals surface area contributed by atoms with Gasteiger partial charge in [-0.3, -0.25) is 10.2 Å². The number of carbonyl (C=O) groups is 3. The number of carboxylic acid groups (broad SMARTS) is 1. The zero-order valence-corrected chi connectivity index (χ0v) is 11.8. The number of hydroxylamine groups is 1. The van der Waals surface area contributed by atoms with Crippen molar-refractivity contribution in [2.45, 2.75) is 25.7 Å². The lowest BCUT2D eigenvalue weighted by molar-refractivity contribution is -0.152. The van der Waals surface area contributed by atoms with Crippen molar-refractivity contribution >= 4 is 23.9 Å². The molecule has 1 heterocycles. The van der Waals surface area contributed by atoms with Crippen LogP contribution in [0.1, 0.15) is 25.7 Å². The number of hydrogen-bond acceptors (Lipinski definition) is 6. The van der Waals surface area contributed by atoms with E-state index in [0.29, 0.717) is 25.9 Å². The number of nitrogens with one attached hydrogen (secondary N) is 2. The van der Waals surface area contributed by atoms with Gasteiger partial charge >= 0.3 is 18.0 Å². The molecule has 118 valence electrons. The number of hydrogen-bond donors (Lipinski definition) is 3. The van der Waals surface area contributed by atoms with Gasteiger partial charge in [0.1, 0.15) is 5.84 Å². The van der Waals surface area contributed by atoms with E-state index in [4.69, 9.17) is 10.5 Å². The van der Waals surface area contributed by atoms with Gasteiger partial charge < -0.3 is 19.6 Å². The number of likely N-dealkylation sites (tertiary alicyclic amines) is 1. The molecule has 3 N–H and O–H groups in total. The number of amidine groups is 1. The highest BCUT2D eigenvalue weighted by Gasteiger charge is 2.25. The Hall–Kier alpha value is -2.32. The van der Waals surface area contributed by atoms with E-state index >= 15 is 0 Å². The van der Waals surface area contributed by atoms with Gasteiger partial charge in [0.25, 0.3) is 0 Å². The second kappa shape index (κ2) is 8.08. The molecule has 1 amide bonds. The highest BCUT2D eigenvalue weighted by Crippen LogP contribution is 2.17. The van der Waals surface area contributed by atoms with Crippen molar-refractivity contribution in [3.05, 3.63) is 0 Å². The number of amides is 1. The second-order valence-corrected chi connectivity index (χ2v) is 4.61. The predicted molar refractivity (Wildman–Crippen MR) is 70.5 cm³/mol. The molecule has 0 bridgehead atoms. The van der Waals surface area contributed by atoms with Crippen LogP contribution in [0.25, 0.3) is 0 Å². The lowest BCUT2D eigenvalue weighted by atomic mass is 9.96. The van der Waals surface area contributed by atoms with E-state index < -0.39 is 18.0 Å². The molecule has 0 aromatic heterocycles. The third-order valence-corrected chi connectivity index (χ3v) is 3.21. The summed E-state index contributed by atoms with van der Waals surface area (Å²) in [6.07, 6.45) is -0.191. The summed E-state index contributed by atoms with van der Waals surface area (Å²) in [4.78, 5) is 38.9. The highest BCUT2D eigenvalue weighted by atomic mass is 16.7. The predicted octanol–water partition coefficient (Wildman–Crippen LogP) is 0.355. The van der Waals surface area contributed by atoms with Crippen molar-refractivity contribution in [1.29, 1.82) is 5.41 Å². The van der Waals surface area contributed by atoms with E-state index in [2.05, 4.69) is 15.1 Å². The molecule has 1 aliphatic rings. The smallest absolute Gasteiger partial charge is 0.407 e. The quantitative estimate of drug-likeness (QED) is 0.296. The van der Waals surface area contributed by atoms with Gasteiger partial charge in [-0.2, -0.15) is 0 Å². The summed E-state index contributed by atoms with van der Waals surface area (Å²) in [5.74, 6) is -1.31. The molecular formula is C12H19N3O6. The molecule has 0 aliphatic carbocycles. The Morgan fingerprint density at radius 3 is 2.33 bits per heavy atom. The zero-order valence-electron chi connectivity index (χ0n) is 11.8. The molecule has 0 spiro atoms. The normalized spacial score (nSPS) is 15.2. The minimum atomic E-state index is -0.970. The topological polar surface area (TPSA) is 129 Å². The fourth-order valence-electron chi connectivity index (χ4n) is 1.91. The molecule has 0 saturated carbocycles. The van der Waals surface area contributed by atoms with Gasteiger partial charge in [-0.15, -0.1) is 0 Å². The van der Waals surface area contributed by atoms with Gasteiger partial charge in [0.05, 0.1) is 20.0 Å². The van der Waals surface area contributed by atoms with Crippen LogP contribution >= 0.6 is 0 Å². The molecule has 0 aromatic rings. The fraction of sp³-hybridized carbons (Fsp3) is 0.667. The van der Waals surface area contributed by atoms with E-state index in [1.807, 2.05) is 0 Å². The summed E-state index contributed by atoms with van der Waals surface area (Å²) < 4.78 is 4.39. The van der Waals surface area contributed by atoms with Gasteiger partial charge in [0.2, 0.25) is 0 Å². The van der Waals surface area contributed by atoms with Gasteiger partial charge in [-0.25, -0.2) is 15.1 Å². The van der Waals surface area contributed by atoms with Crippen LogP contribution in [0.15, 0.2) is 0 Å². The van der Waals surface area contributed by atoms with E-state index in [9.17, 15) is 14.4 Å². The third kappa shape index (κ3) is 5.67. The summed E-state index contributed by atoms with van der Waals surface area (Å²) in [7, 11) is 1.23. The first-order valence-corrected chi connectivity index (χ1v) is 6.52. The Kier molecular flexibility index (Phi) is 6.44. The van der Waals surface area contributed by atoms with E-state index in [-0.39, 0.29) is 24.6 Å². The monoisotopic (exact) mass is 301 g/mol.